The molecule has 0 radical (unpaired) electrons. The minimum atomic E-state index is -5.17. The Morgan fingerprint density at radius 3 is 1.31 bits per heavy atom. The Morgan fingerprint density at radius 1 is 0.923 bits per heavy atom. The standard InChI is InChI=1S/C5H10.Al.2Na.H2O4S.H/c1-3-5-4-2;;;;1-5(2,3)4;/h1-5H2;;;;(H2,1,2,3,4);/q;;2*+1;;/p-2. The Bertz CT molecular complexity index is 161. The van der Waals surface area contributed by atoms with E-state index in [-0.39, 0.29) is 59.1 Å². The van der Waals surface area contributed by atoms with Crippen LogP contribution in [-0.2, 0) is 10.4 Å². The Morgan fingerprint density at radius 2 is 1.23 bits per heavy atom. The van der Waals surface area contributed by atoms with Crippen molar-refractivity contribution in [1.82, 2.24) is 0 Å². The second-order valence-corrected chi connectivity index (χ2v) is 5.47. The first-order valence-corrected chi connectivity index (χ1v) is 7.00. The predicted octanol–water partition coefficient (Wildman–Crippen LogP) is -5.89. The summed E-state index contributed by atoms with van der Waals surface area (Å²) >= 11 is 0.508. The van der Waals surface area contributed by atoms with Gasteiger partial charge in [-0.05, 0) is 0 Å². The van der Waals surface area contributed by atoms with Gasteiger partial charge in [0.15, 0.2) is 0 Å². The number of rotatable bonds is 0. The average molecular weight is 240 g/mol. The molecule has 0 saturated carbocycles. The fraction of sp³-hybridized carbons (Fsp3) is 1.00. The summed E-state index contributed by atoms with van der Waals surface area (Å²) in [5.41, 5.74) is 0. The van der Waals surface area contributed by atoms with E-state index < -0.39 is 10.4 Å². The third kappa shape index (κ3) is 31.4. The molecule has 1 aliphatic heterocycles. The fourth-order valence-corrected chi connectivity index (χ4v) is 2.83. The van der Waals surface area contributed by atoms with Gasteiger partial charge in [-0.2, -0.15) is 0 Å². The van der Waals surface area contributed by atoms with Gasteiger partial charge in [0.25, 0.3) is 0 Å². The van der Waals surface area contributed by atoms with Gasteiger partial charge in [-0.1, -0.05) is 29.8 Å². The molecule has 1 rings (SSSR count). The summed E-state index contributed by atoms with van der Waals surface area (Å²) < 4.78 is 34.1. The summed E-state index contributed by atoms with van der Waals surface area (Å²) in [5.74, 6) is 0. The Kier molecular flexibility index (Phi) is 19.9. The van der Waals surface area contributed by atoms with Gasteiger partial charge in [0.05, 0.1) is 0 Å². The molecule has 0 amide bonds. The van der Waals surface area contributed by atoms with Crippen LogP contribution in [0.3, 0.4) is 0 Å². The molecule has 0 spiro atoms. The smallest absolute Gasteiger partial charge is 0.759 e. The molecule has 1 aliphatic rings. The van der Waals surface area contributed by atoms with E-state index in [4.69, 9.17) is 17.5 Å². The van der Waals surface area contributed by atoms with Crippen molar-refractivity contribution in [2.24, 2.45) is 0 Å². The van der Waals surface area contributed by atoms with Crippen LogP contribution in [-0.4, -0.2) is 32.7 Å². The van der Waals surface area contributed by atoms with Gasteiger partial charge >= 0.3 is 59.1 Å². The summed E-state index contributed by atoms with van der Waals surface area (Å²) in [6, 6.07) is 0. The zero-order valence-corrected chi connectivity index (χ0v) is 14.5. The molecular formula is C5H11AlNa2O4S. The van der Waals surface area contributed by atoms with E-state index in [2.05, 4.69) is 0 Å². The van der Waals surface area contributed by atoms with Crippen LogP contribution in [0.2, 0.25) is 10.6 Å². The van der Waals surface area contributed by atoms with E-state index in [1.165, 1.54) is 6.42 Å². The van der Waals surface area contributed by atoms with Crippen molar-refractivity contribution in [1.29, 1.82) is 0 Å². The van der Waals surface area contributed by atoms with Crippen LogP contribution in [0.4, 0.5) is 0 Å². The Balaban J connectivity index is -0.000000136. The van der Waals surface area contributed by atoms with E-state index in [9.17, 15) is 0 Å². The first-order chi connectivity index (χ1) is 5.00. The summed E-state index contributed by atoms with van der Waals surface area (Å²) in [6.07, 6.45) is 4.66. The molecule has 1 saturated heterocycles. The topological polar surface area (TPSA) is 80.3 Å². The second-order valence-electron chi connectivity index (χ2n) is 2.53. The van der Waals surface area contributed by atoms with Crippen LogP contribution in [0.15, 0.2) is 0 Å². The first-order valence-electron chi connectivity index (χ1n) is 3.67. The molecule has 0 atom stereocenters. The van der Waals surface area contributed by atoms with Gasteiger partial charge in [0.2, 0.25) is 15.2 Å². The van der Waals surface area contributed by atoms with E-state index >= 15 is 0 Å². The van der Waals surface area contributed by atoms with Gasteiger partial charge in [0.1, 0.15) is 0 Å². The molecule has 0 unspecified atom stereocenters. The normalized spacial score (nSPS) is 14.9. The maximum atomic E-state index is 8.52. The summed E-state index contributed by atoms with van der Waals surface area (Å²) in [7, 11) is -5.17. The first kappa shape index (κ1) is 20.8. The van der Waals surface area contributed by atoms with Gasteiger partial charge < -0.3 is 9.11 Å². The summed E-state index contributed by atoms with van der Waals surface area (Å²) in [5, 5.41) is 3.28. The molecule has 1 fully saturated rings. The molecule has 0 aliphatic carbocycles. The minimum absolute atomic E-state index is 0. The van der Waals surface area contributed by atoms with Crippen molar-refractivity contribution in [2.75, 3.05) is 0 Å². The largest absolute Gasteiger partial charge is 1.00 e. The minimum Gasteiger partial charge on any atom is -0.759 e. The molecule has 66 valence electrons. The number of hydrogen-bond acceptors (Lipinski definition) is 4. The quantitative estimate of drug-likeness (QED) is 0.240. The zero-order chi connectivity index (χ0) is 8.74. The molecular weight excluding hydrogens is 229 g/mol. The van der Waals surface area contributed by atoms with Gasteiger partial charge in [-0.3, -0.25) is 8.42 Å². The van der Waals surface area contributed by atoms with E-state index in [0.717, 1.165) is 0 Å². The van der Waals surface area contributed by atoms with Crippen molar-refractivity contribution in [3.8, 4) is 0 Å². The summed E-state index contributed by atoms with van der Waals surface area (Å²) in [6.45, 7) is 0. The SMILES string of the molecule is C1C[CH2][AlH][CH2]C1.O=S(=O)([O-])[O-].[Na+].[Na+]. The summed E-state index contributed by atoms with van der Waals surface area (Å²) in [4.78, 5) is 0. The van der Waals surface area contributed by atoms with Crippen LogP contribution < -0.4 is 59.1 Å². The van der Waals surface area contributed by atoms with Crippen molar-refractivity contribution in [3.63, 3.8) is 0 Å². The van der Waals surface area contributed by atoms with Crippen LogP contribution in [0.25, 0.3) is 0 Å². The van der Waals surface area contributed by atoms with Crippen molar-refractivity contribution < 1.29 is 76.6 Å². The van der Waals surface area contributed by atoms with Crippen LogP contribution in [0, 0.1) is 0 Å². The molecule has 1 heterocycles. The van der Waals surface area contributed by atoms with E-state index in [1.807, 2.05) is 0 Å². The van der Waals surface area contributed by atoms with Gasteiger partial charge in [0, 0.05) is 10.4 Å². The maximum Gasteiger partial charge on any atom is 1.00 e. The monoisotopic (exact) mass is 240 g/mol. The Labute approximate surface area is 130 Å². The van der Waals surface area contributed by atoms with Gasteiger partial charge in [-0.25, -0.2) is 0 Å². The van der Waals surface area contributed by atoms with Crippen LogP contribution >= 0.6 is 0 Å². The second kappa shape index (κ2) is 12.5. The van der Waals surface area contributed by atoms with E-state index in [0.29, 0.717) is 15.2 Å². The third-order valence-corrected chi connectivity index (χ3v) is 3.50. The molecule has 0 aromatic carbocycles. The Hall–Kier alpha value is 2.40. The predicted molar refractivity (Wildman–Crippen MR) is 41.1 cm³/mol. The van der Waals surface area contributed by atoms with Crippen molar-refractivity contribution >= 4 is 25.6 Å². The molecule has 0 bridgehead atoms. The van der Waals surface area contributed by atoms with Gasteiger partial charge in [-0.15, -0.1) is 0 Å². The molecule has 0 aromatic heterocycles. The molecule has 13 heavy (non-hydrogen) atoms. The zero-order valence-electron chi connectivity index (χ0n) is 8.28. The maximum absolute atomic E-state index is 8.52. The molecule has 0 aromatic rings. The fourth-order valence-electron chi connectivity index (χ4n) is 1.06. The number of hydrogen-bond donors (Lipinski definition) is 0. The van der Waals surface area contributed by atoms with Crippen molar-refractivity contribution in [3.05, 3.63) is 0 Å². The average Bonchev–Trinajstić information content (AvgIpc) is 1.88. The molecule has 8 heteroatoms. The molecule has 0 N–H and O–H groups in total. The van der Waals surface area contributed by atoms with Crippen LogP contribution in [0.5, 0.6) is 0 Å². The third-order valence-electron chi connectivity index (χ3n) is 1.50. The van der Waals surface area contributed by atoms with Crippen molar-refractivity contribution in [2.45, 2.75) is 29.8 Å². The van der Waals surface area contributed by atoms with Crippen LogP contribution in [0.1, 0.15) is 19.3 Å². The van der Waals surface area contributed by atoms with E-state index in [1.54, 1.807) is 23.4 Å². The molecule has 4 nitrogen and oxygen atoms in total.